The van der Waals surface area contributed by atoms with Crippen LogP contribution in [0.2, 0.25) is 0 Å². The molecule has 0 unspecified atom stereocenters. The summed E-state index contributed by atoms with van der Waals surface area (Å²) in [6.45, 7) is 2.25. The summed E-state index contributed by atoms with van der Waals surface area (Å²) in [5.74, 6) is 1.95. The zero-order chi connectivity index (χ0) is 39.3. The first-order valence-corrected chi connectivity index (χ1v) is 20.3. The van der Waals surface area contributed by atoms with Gasteiger partial charge in [-0.3, -0.25) is 0 Å². The molecule has 0 saturated heterocycles. The number of fused-ring (bicyclic) bond motifs is 6. The summed E-state index contributed by atoms with van der Waals surface area (Å²) in [4.78, 5) is 14.8. The van der Waals surface area contributed by atoms with E-state index in [2.05, 4.69) is 150 Å². The quantitative estimate of drug-likeness (QED) is 0.155. The Labute approximate surface area is 342 Å². The molecule has 0 atom stereocenters. The highest BCUT2D eigenvalue weighted by Crippen LogP contribution is 2.40. The lowest BCUT2D eigenvalue weighted by Gasteiger charge is -2.12. The Morgan fingerprint density at radius 2 is 0.831 bits per heavy atom. The Hall–Kier alpha value is -7.63. The molecule has 11 aromatic rings. The molecule has 3 aromatic heterocycles. The van der Waals surface area contributed by atoms with Crippen molar-refractivity contribution in [2.24, 2.45) is 0 Å². The molecule has 0 bridgehead atoms. The van der Waals surface area contributed by atoms with Crippen molar-refractivity contribution in [1.82, 2.24) is 24.1 Å². The van der Waals surface area contributed by atoms with E-state index in [1.54, 1.807) is 0 Å². The van der Waals surface area contributed by atoms with Crippen LogP contribution in [0.4, 0.5) is 0 Å². The second kappa shape index (κ2) is 14.4. The summed E-state index contributed by atoms with van der Waals surface area (Å²) in [6, 6.07) is 69.1. The lowest BCUT2D eigenvalue weighted by molar-refractivity contribution is 0.923. The van der Waals surface area contributed by atoms with E-state index in [0.29, 0.717) is 17.5 Å². The average molecular weight is 758 g/mol. The molecule has 0 aliphatic heterocycles. The molecule has 5 nitrogen and oxygen atoms in total. The molecule has 3 heterocycles. The maximum atomic E-state index is 4.96. The number of hydrogen-bond donors (Lipinski definition) is 0. The zero-order valence-corrected chi connectivity index (χ0v) is 32.6. The number of rotatable bonds is 8. The summed E-state index contributed by atoms with van der Waals surface area (Å²) >= 11 is 0. The highest BCUT2D eigenvalue weighted by Gasteiger charge is 2.19. The standard InChI is InChI=1S/C54H39N5/c1-2-15-36-26-31-45-47-34-46-44-24-12-13-25-48(44)58(42-21-10-5-11-22-42)50(46)35-51(47)59(49(45)32-36)43-23-14-20-41(33-43)37-27-29-40(30-28-37)54-56-52(38-16-6-3-7-17-38)55-53(57-54)39-18-8-4-9-19-39/h3-14,16-35H,2,15H2,1H3. The van der Waals surface area contributed by atoms with Gasteiger partial charge in [-0.25, -0.2) is 15.0 Å². The minimum absolute atomic E-state index is 0.644. The van der Waals surface area contributed by atoms with Crippen LogP contribution in [0.1, 0.15) is 18.9 Å². The summed E-state index contributed by atoms with van der Waals surface area (Å²) in [7, 11) is 0. The summed E-state index contributed by atoms with van der Waals surface area (Å²) in [5.41, 5.74) is 13.5. The number of benzene rings is 8. The van der Waals surface area contributed by atoms with Crippen LogP contribution >= 0.6 is 0 Å². The minimum Gasteiger partial charge on any atom is -0.309 e. The van der Waals surface area contributed by atoms with E-state index in [9.17, 15) is 0 Å². The lowest BCUT2D eigenvalue weighted by Crippen LogP contribution is -2.00. The maximum absolute atomic E-state index is 4.96. The van der Waals surface area contributed by atoms with Crippen molar-refractivity contribution in [1.29, 1.82) is 0 Å². The summed E-state index contributed by atoms with van der Waals surface area (Å²) < 4.78 is 4.87. The normalized spacial score (nSPS) is 11.6. The van der Waals surface area contributed by atoms with Gasteiger partial charge in [0, 0.05) is 49.6 Å². The number of para-hydroxylation sites is 2. The van der Waals surface area contributed by atoms with Gasteiger partial charge in [-0.05, 0) is 71.6 Å². The van der Waals surface area contributed by atoms with Crippen molar-refractivity contribution in [2.75, 3.05) is 0 Å². The third-order valence-corrected chi connectivity index (χ3v) is 11.5. The lowest BCUT2D eigenvalue weighted by atomic mass is 10.0. The third kappa shape index (κ3) is 6.07. The molecule has 0 aliphatic rings. The van der Waals surface area contributed by atoms with Crippen LogP contribution in [0, 0.1) is 0 Å². The van der Waals surface area contributed by atoms with Crippen molar-refractivity contribution in [2.45, 2.75) is 19.8 Å². The van der Waals surface area contributed by atoms with Crippen LogP contribution in [0.25, 0.3) is 100 Å². The fourth-order valence-corrected chi connectivity index (χ4v) is 8.68. The smallest absolute Gasteiger partial charge is 0.164 e. The summed E-state index contributed by atoms with van der Waals surface area (Å²) in [6.07, 6.45) is 2.14. The minimum atomic E-state index is 0.644. The molecule has 5 heteroatoms. The molecule has 0 fully saturated rings. The van der Waals surface area contributed by atoms with Gasteiger partial charge >= 0.3 is 0 Å². The first-order valence-electron chi connectivity index (χ1n) is 20.3. The van der Waals surface area contributed by atoms with E-state index >= 15 is 0 Å². The highest BCUT2D eigenvalue weighted by molar-refractivity contribution is 6.19. The van der Waals surface area contributed by atoms with Gasteiger partial charge in [-0.1, -0.05) is 159 Å². The van der Waals surface area contributed by atoms with Gasteiger partial charge in [-0.2, -0.15) is 0 Å². The van der Waals surface area contributed by atoms with Crippen LogP contribution in [0.3, 0.4) is 0 Å². The molecule has 59 heavy (non-hydrogen) atoms. The number of hydrogen-bond acceptors (Lipinski definition) is 3. The molecule has 0 radical (unpaired) electrons. The molecular weight excluding hydrogens is 719 g/mol. The second-order valence-electron chi connectivity index (χ2n) is 15.2. The van der Waals surface area contributed by atoms with Gasteiger partial charge < -0.3 is 9.13 Å². The molecule has 11 rings (SSSR count). The molecule has 0 N–H and O–H groups in total. The molecule has 8 aromatic carbocycles. The predicted molar refractivity (Wildman–Crippen MR) is 244 cm³/mol. The van der Waals surface area contributed by atoms with Crippen molar-refractivity contribution in [3.05, 3.63) is 200 Å². The van der Waals surface area contributed by atoms with Crippen LogP contribution in [-0.2, 0) is 6.42 Å². The van der Waals surface area contributed by atoms with E-state index in [4.69, 9.17) is 15.0 Å². The summed E-state index contributed by atoms with van der Waals surface area (Å²) in [5, 5.41) is 5.03. The van der Waals surface area contributed by atoms with E-state index in [1.165, 1.54) is 49.2 Å². The fourth-order valence-electron chi connectivity index (χ4n) is 8.68. The predicted octanol–water partition coefficient (Wildman–Crippen LogP) is 13.7. The average Bonchev–Trinajstić information content (AvgIpc) is 3.80. The van der Waals surface area contributed by atoms with Gasteiger partial charge in [0.25, 0.3) is 0 Å². The Morgan fingerprint density at radius 3 is 1.47 bits per heavy atom. The third-order valence-electron chi connectivity index (χ3n) is 11.5. The van der Waals surface area contributed by atoms with Gasteiger partial charge in [0.2, 0.25) is 0 Å². The molecular formula is C54H39N5. The van der Waals surface area contributed by atoms with Crippen LogP contribution < -0.4 is 0 Å². The van der Waals surface area contributed by atoms with E-state index < -0.39 is 0 Å². The highest BCUT2D eigenvalue weighted by atomic mass is 15.0. The monoisotopic (exact) mass is 757 g/mol. The number of aryl methyl sites for hydroxylation is 1. The van der Waals surface area contributed by atoms with E-state index in [1.807, 2.05) is 60.7 Å². The van der Waals surface area contributed by atoms with Crippen molar-refractivity contribution in [3.63, 3.8) is 0 Å². The van der Waals surface area contributed by atoms with Gasteiger partial charge in [0.1, 0.15) is 0 Å². The van der Waals surface area contributed by atoms with E-state index in [-0.39, 0.29) is 0 Å². The first-order chi connectivity index (χ1) is 29.2. The SMILES string of the molecule is CCCc1ccc2c3cc4c5ccccc5n(-c5ccccc5)c4cc3n(-c3cccc(-c4ccc(-c5nc(-c6ccccc6)nc(-c6ccccc6)n5)cc4)c3)c2c1. The van der Waals surface area contributed by atoms with Gasteiger partial charge in [0.15, 0.2) is 17.5 Å². The second-order valence-corrected chi connectivity index (χ2v) is 15.2. The zero-order valence-electron chi connectivity index (χ0n) is 32.6. The van der Waals surface area contributed by atoms with Crippen LogP contribution in [0.15, 0.2) is 194 Å². The number of aromatic nitrogens is 5. The molecule has 0 saturated carbocycles. The van der Waals surface area contributed by atoms with Crippen molar-refractivity contribution >= 4 is 43.6 Å². The van der Waals surface area contributed by atoms with Gasteiger partial charge in [-0.15, -0.1) is 0 Å². The molecule has 0 spiro atoms. The fraction of sp³-hybridized carbons (Fsp3) is 0.0556. The molecule has 0 amide bonds. The Balaban J connectivity index is 1.05. The molecule has 280 valence electrons. The van der Waals surface area contributed by atoms with Crippen LogP contribution in [0.5, 0.6) is 0 Å². The van der Waals surface area contributed by atoms with Crippen LogP contribution in [-0.4, -0.2) is 24.1 Å². The van der Waals surface area contributed by atoms with Crippen molar-refractivity contribution in [3.8, 4) is 56.7 Å². The maximum Gasteiger partial charge on any atom is 0.164 e. The van der Waals surface area contributed by atoms with Gasteiger partial charge in [0.05, 0.1) is 22.1 Å². The number of nitrogens with zero attached hydrogens (tertiary/aromatic N) is 5. The van der Waals surface area contributed by atoms with Crippen molar-refractivity contribution < 1.29 is 0 Å². The molecule has 0 aliphatic carbocycles. The Kier molecular flexibility index (Phi) is 8.44. The Bertz CT molecular complexity index is 3250. The Morgan fingerprint density at radius 1 is 0.339 bits per heavy atom. The largest absolute Gasteiger partial charge is 0.309 e. The first kappa shape index (κ1) is 34.6. The topological polar surface area (TPSA) is 48.5 Å². The van der Waals surface area contributed by atoms with E-state index in [0.717, 1.165) is 52.0 Å².